The molecule has 1 fully saturated rings. The number of anilines is 1. The lowest BCUT2D eigenvalue weighted by molar-refractivity contribution is 0.102. The molecule has 0 aliphatic carbocycles. The number of piperidine rings is 1. The van der Waals surface area contributed by atoms with Gasteiger partial charge in [0.2, 0.25) is 0 Å². The van der Waals surface area contributed by atoms with Crippen molar-refractivity contribution in [2.45, 2.75) is 32.6 Å². The van der Waals surface area contributed by atoms with Crippen LogP contribution in [0, 0.1) is 6.92 Å². The van der Waals surface area contributed by atoms with E-state index in [1.807, 2.05) is 26.0 Å². The van der Waals surface area contributed by atoms with Crippen molar-refractivity contribution in [2.75, 3.05) is 25.0 Å². The summed E-state index contributed by atoms with van der Waals surface area (Å²) in [6.45, 7) is 6.36. The molecule has 1 amide bonds. The number of nitrogens with one attached hydrogen (secondary N) is 2. The number of carbonyl (C=O) groups excluding carboxylic acids is 1. The van der Waals surface area contributed by atoms with Gasteiger partial charge in [-0.2, -0.15) is 10.2 Å². The average molecular weight is 380 g/mol. The van der Waals surface area contributed by atoms with Crippen LogP contribution in [0.1, 0.15) is 47.4 Å². The van der Waals surface area contributed by atoms with E-state index in [-0.39, 0.29) is 5.91 Å². The highest BCUT2D eigenvalue weighted by molar-refractivity contribution is 6.04. The molecule has 28 heavy (non-hydrogen) atoms. The first-order valence-corrected chi connectivity index (χ1v) is 9.63. The smallest absolute Gasteiger partial charge is 0.256 e. The molecule has 0 spiro atoms. The number of rotatable bonds is 5. The third kappa shape index (κ3) is 3.68. The summed E-state index contributed by atoms with van der Waals surface area (Å²) in [5, 5.41) is 19.1. The van der Waals surface area contributed by atoms with Gasteiger partial charge in [0.05, 0.1) is 12.3 Å². The molecular formula is C20H24N6O2. The first-order chi connectivity index (χ1) is 13.7. The molecular weight excluding hydrogens is 356 g/mol. The Bertz CT molecular complexity index is 976. The van der Waals surface area contributed by atoms with Crippen molar-refractivity contribution in [3.63, 3.8) is 0 Å². The van der Waals surface area contributed by atoms with Gasteiger partial charge in [0.25, 0.3) is 5.91 Å². The van der Waals surface area contributed by atoms with Crippen LogP contribution in [-0.2, 0) is 0 Å². The van der Waals surface area contributed by atoms with E-state index in [4.69, 9.17) is 4.74 Å². The Kier molecular flexibility index (Phi) is 5.21. The molecule has 8 nitrogen and oxygen atoms in total. The highest BCUT2D eigenvalue weighted by atomic mass is 16.5. The first-order valence-electron chi connectivity index (χ1n) is 9.63. The summed E-state index contributed by atoms with van der Waals surface area (Å²) in [4.78, 5) is 12.7. The van der Waals surface area contributed by atoms with Crippen molar-refractivity contribution in [3.8, 4) is 5.75 Å². The van der Waals surface area contributed by atoms with Gasteiger partial charge in [-0.1, -0.05) is 0 Å². The third-order valence-corrected chi connectivity index (χ3v) is 4.99. The third-order valence-electron chi connectivity index (χ3n) is 4.99. The van der Waals surface area contributed by atoms with Crippen LogP contribution in [0.5, 0.6) is 5.75 Å². The molecule has 0 radical (unpaired) electrons. The molecule has 4 heterocycles. The van der Waals surface area contributed by atoms with Crippen LogP contribution in [0.15, 0.2) is 30.5 Å². The molecule has 0 bridgehead atoms. The Labute approximate surface area is 163 Å². The van der Waals surface area contributed by atoms with Gasteiger partial charge in [-0.25, -0.2) is 4.52 Å². The molecule has 0 aromatic carbocycles. The van der Waals surface area contributed by atoms with E-state index >= 15 is 0 Å². The molecule has 146 valence electrons. The van der Waals surface area contributed by atoms with Crippen LogP contribution in [0.3, 0.4) is 0 Å². The molecule has 1 saturated heterocycles. The molecule has 2 N–H and O–H groups in total. The van der Waals surface area contributed by atoms with Gasteiger partial charge in [0.1, 0.15) is 11.2 Å². The molecule has 0 saturated carbocycles. The average Bonchev–Trinajstić information content (AvgIpc) is 3.04. The van der Waals surface area contributed by atoms with Gasteiger partial charge in [-0.05, 0) is 64.0 Å². The highest BCUT2D eigenvalue weighted by Gasteiger charge is 2.18. The Balaban J connectivity index is 1.50. The van der Waals surface area contributed by atoms with E-state index in [9.17, 15) is 4.79 Å². The van der Waals surface area contributed by atoms with E-state index in [1.165, 1.54) is 0 Å². The molecule has 0 atom stereocenters. The summed E-state index contributed by atoms with van der Waals surface area (Å²) in [6.07, 6.45) is 3.88. The Morgan fingerprint density at radius 3 is 2.82 bits per heavy atom. The van der Waals surface area contributed by atoms with Crippen molar-refractivity contribution in [3.05, 3.63) is 47.4 Å². The minimum Gasteiger partial charge on any atom is -0.490 e. The zero-order chi connectivity index (χ0) is 19.5. The largest absolute Gasteiger partial charge is 0.490 e. The fourth-order valence-corrected chi connectivity index (χ4v) is 3.54. The second-order valence-corrected chi connectivity index (χ2v) is 6.91. The number of hydrogen-bond acceptors (Lipinski definition) is 6. The maximum atomic E-state index is 12.7. The Hall–Kier alpha value is -3.00. The molecule has 1 aliphatic rings. The number of aromatic nitrogens is 4. The van der Waals surface area contributed by atoms with Crippen molar-refractivity contribution >= 4 is 17.2 Å². The lowest BCUT2D eigenvalue weighted by Gasteiger charge is -2.21. The number of carbonyl (C=O) groups is 1. The van der Waals surface area contributed by atoms with E-state index in [0.29, 0.717) is 29.7 Å². The van der Waals surface area contributed by atoms with Gasteiger partial charge in [0, 0.05) is 17.7 Å². The van der Waals surface area contributed by atoms with Gasteiger partial charge in [-0.3, -0.25) is 4.79 Å². The predicted molar refractivity (Wildman–Crippen MR) is 106 cm³/mol. The van der Waals surface area contributed by atoms with Crippen molar-refractivity contribution < 1.29 is 9.53 Å². The predicted octanol–water partition coefficient (Wildman–Crippen LogP) is 2.55. The number of aryl methyl sites for hydroxylation is 1. The van der Waals surface area contributed by atoms with E-state index < -0.39 is 0 Å². The van der Waals surface area contributed by atoms with Crippen LogP contribution in [-0.4, -0.2) is 45.4 Å². The van der Waals surface area contributed by atoms with Gasteiger partial charge in [0.15, 0.2) is 11.6 Å². The summed E-state index contributed by atoms with van der Waals surface area (Å²) < 4.78 is 7.38. The Morgan fingerprint density at radius 1 is 1.29 bits per heavy atom. The van der Waals surface area contributed by atoms with Crippen LogP contribution < -0.4 is 15.4 Å². The fraction of sp³-hybridized carbons (Fsp3) is 0.400. The maximum Gasteiger partial charge on any atom is 0.256 e. The van der Waals surface area contributed by atoms with Crippen LogP contribution in [0.4, 0.5) is 5.82 Å². The maximum absolute atomic E-state index is 12.7. The van der Waals surface area contributed by atoms with Crippen molar-refractivity contribution in [1.82, 2.24) is 25.1 Å². The van der Waals surface area contributed by atoms with Crippen molar-refractivity contribution in [2.24, 2.45) is 0 Å². The molecule has 3 aromatic heterocycles. The summed E-state index contributed by atoms with van der Waals surface area (Å²) in [7, 11) is 0. The molecule has 4 rings (SSSR count). The second kappa shape index (κ2) is 7.93. The molecule has 1 aliphatic heterocycles. The lowest BCUT2D eigenvalue weighted by Crippen LogP contribution is -2.27. The second-order valence-electron chi connectivity index (χ2n) is 6.91. The highest BCUT2D eigenvalue weighted by Crippen LogP contribution is 2.26. The minimum atomic E-state index is -0.243. The SMILES string of the molecule is CCOc1c(C)nn2ccc(C(=O)Nc3ccc(C4CCNCC4)nn3)cc12. The van der Waals surface area contributed by atoms with E-state index in [2.05, 4.69) is 25.9 Å². The number of fused-ring (bicyclic) bond motifs is 1. The summed E-state index contributed by atoms with van der Waals surface area (Å²) in [5.74, 6) is 1.33. The summed E-state index contributed by atoms with van der Waals surface area (Å²) >= 11 is 0. The number of ether oxygens (including phenoxy) is 1. The molecule has 0 unspecified atom stereocenters. The minimum absolute atomic E-state index is 0.243. The lowest BCUT2D eigenvalue weighted by atomic mass is 9.94. The number of pyridine rings is 1. The Morgan fingerprint density at radius 2 is 2.11 bits per heavy atom. The van der Waals surface area contributed by atoms with Crippen LogP contribution in [0.2, 0.25) is 0 Å². The zero-order valence-corrected chi connectivity index (χ0v) is 16.1. The number of hydrogen-bond donors (Lipinski definition) is 2. The van der Waals surface area contributed by atoms with Crippen molar-refractivity contribution in [1.29, 1.82) is 0 Å². The number of amides is 1. The van der Waals surface area contributed by atoms with Gasteiger partial charge in [-0.15, -0.1) is 5.10 Å². The van der Waals surface area contributed by atoms with E-state index in [1.54, 1.807) is 22.8 Å². The molecule has 8 heteroatoms. The molecule has 3 aromatic rings. The normalized spacial score (nSPS) is 14.9. The van der Waals surface area contributed by atoms with Crippen LogP contribution in [0.25, 0.3) is 5.52 Å². The van der Waals surface area contributed by atoms with Crippen LogP contribution >= 0.6 is 0 Å². The van der Waals surface area contributed by atoms with Gasteiger partial charge < -0.3 is 15.4 Å². The summed E-state index contributed by atoms with van der Waals surface area (Å²) in [6, 6.07) is 7.27. The first kappa shape index (κ1) is 18.4. The topological polar surface area (TPSA) is 93.4 Å². The standard InChI is InChI=1S/C20H24N6O2/c1-3-28-19-13(2)25-26-11-8-15(12-17(19)26)20(27)22-18-5-4-16(23-24-18)14-6-9-21-10-7-14/h4-5,8,11-12,14,21H,3,6-7,9-10H2,1-2H3,(H,22,24,27). The quantitative estimate of drug-likeness (QED) is 0.707. The fourth-order valence-electron chi connectivity index (χ4n) is 3.54. The number of nitrogens with zero attached hydrogens (tertiary/aromatic N) is 4. The zero-order valence-electron chi connectivity index (χ0n) is 16.1. The van der Waals surface area contributed by atoms with Gasteiger partial charge >= 0.3 is 0 Å². The summed E-state index contributed by atoms with van der Waals surface area (Å²) in [5.41, 5.74) is 3.05. The monoisotopic (exact) mass is 380 g/mol. The van der Waals surface area contributed by atoms with E-state index in [0.717, 1.165) is 42.8 Å².